The standard InChI is InChI=1S/C14H14O3.C3H10N2.C3H5NO2/c1-15-12-7-11(10-5-3-2-4-6-10)8-13-14(12)17-9-16-13;1-4-5(2)3;1-4(2-5)3-6/h2-5,7-8,10H,6,9H2,1H3;4H,1-3H3;2-3H,1H3. The van der Waals surface area contributed by atoms with Gasteiger partial charge in [0.05, 0.1) is 7.11 Å². The number of hydrazine groups is 1. The van der Waals surface area contributed by atoms with Gasteiger partial charge in [0.1, 0.15) is 0 Å². The maximum atomic E-state index is 9.43. The number of hydrogen-bond acceptors (Lipinski definition) is 7. The van der Waals surface area contributed by atoms with Crippen molar-refractivity contribution in [2.24, 2.45) is 0 Å². The van der Waals surface area contributed by atoms with Crippen molar-refractivity contribution in [2.45, 2.75) is 12.3 Å². The van der Waals surface area contributed by atoms with Gasteiger partial charge in [-0.15, -0.1) is 0 Å². The van der Waals surface area contributed by atoms with Crippen LogP contribution in [0.3, 0.4) is 0 Å². The topological polar surface area (TPSA) is 80.3 Å². The van der Waals surface area contributed by atoms with E-state index in [4.69, 9.17) is 14.2 Å². The number of allylic oxidation sites excluding steroid dienone is 4. The van der Waals surface area contributed by atoms with E-state index in [2.05, 4.69) is 29.7 Å². The summed E-state index contributed by atoms with van der Waals surface area (Å²) in [6, 6.07) is 4.07. The summed E-state index contributed by atoms with van der Waals surface area (Å²) in [6.07, 6.45) is 10.4. The van der Waals surface area contributed by atoms with E-state index < -0.39 is 0 Å². The van der Waals surface area contributed by atoms with Crippen LogP contribution in [0.2, 0.25) is 0 Å². The van der Waals surface area contributed by atoms with Crippen molar-refractivity contribution >= 4 is 12.8 Å². The van der Waals surface area contributed by atoms with Gasteiger partial charge in [0.2, 0.25) is 25.4 Å². The van der Waals surface area contributed by atoms with Gasteiger partial charge in [-0.25, -0.2) is 0 Å². The highest BCUT2D eigenvalue weighted by atomic mass is 16.7. The Kier molecular flexibility index (Phi) is 10.4. The Morgan fingerprint density at radius 1 is 1.14 bits per heavy atom. The number of benzene rings is 1. The predicted octanol–water partition coefficient (Wildman–Crippen LogP) is 1.94. The second kappa shape index (κ2) is 12.5. The fourth-order valence-corrected chi connectivity index (χ4v) is 2.22. The van der Waals surface area contributed by atoms with Crippen LogP contribution in [0.5, 0.6) is 17.2 Å². The molecule has 1 unspecified atom stereocenters. The Morgan fingerprint density at radius 2 is 1.82 bits per heavy atom. The van der Waals surface area contributed by atoms with Crippen LogP contribution in [0.4, 0.5) is 0 Å². The van der Waals surface area contributed by atoms with Gasteiger partial charge in [-0.2, -0.15) is 0 Å². The first kappa shape index (κ1) is 23.2. The first-order chi connectivity index (χ1) is 13.5. The van der Waals surface area contributed by atoms with Crippen molar-refractivity contribution in [1.29, 1.82) is 0 Å². The molecule has 8 nitrogen and oxygen atoms in total. The van der Waals surface area contributed by atoms with Crippen LogP contribution in [-0.2, 0) is 9.59 Å². The van der Waals surface area contributed by atoms with Gasteiger partial charge < -0.3 is 14.2 Å². The van der Waals surface area contributed by atoms with Gasteiger partial charge in [-0.05, 0) is 31.2 Å². The molecule has 0 saturated heterocycles. The summed E-state index contributed by atoms with van der Waals surface area (Å²) in [7, 11) is 8.79. The fourth-order valence-electron chi connectivity index (χ4n) is 2.22. The van der Waals surface area contributed by atoms with Crippen LogP contribution >= 0.6 is 0 Å². The molecule has 3 rings (SSSR count). The number of hydrogen-bond donors (Lipinski definition) is 1. The number of nitrogens with one attached hydrogen (secondary N) is 1. The average Bonchev–Trinajstić information content (AvgIpc) is 3.22. The van der Waals surface area contributed by atoms with E-state index >= 15 is 0 Å². The van der Waals surface area contributed by atoms with Gasteiger partial charge in [-0.1, -0.05) is 24.3 Å². The first-order valence-corrected chi connectivity index (χ1v) is 8.74. The molecule has 2 amide bonds. The lowest BCUT2D eigenvalue weighted by molar-refractivity contribution is -0.127. The molecule has 1 aromatic carbocycles. The van der Waals surface area contributed by atoms with Gasteiger partial charge in [0.25, 0.3) is 0 Å². The number of fused-ring (bicyclic) bond motifs is 1. The molecule has 2 aliphatic rings. The zero-order valence-electron chi connectivity index (χ0n) is 17.0. The van der Waals surface area contributed by atoms with E-state index in [1.54, 1.807) is 7.11 Å². The molecule has 0 bridgehead atoms. The van der Waals surface area contributed by atoms with Crippen molar-refractivity contribution in [3.8, 4) is 17.2 Å². The lowest BCUT2D eigenvalue weighted by Crippen LogP contribution is -2.25. The molecule has 0 fully saturated rings. The third kappa shape index (κ3) is 7.42. The SMILES string of the molecule is CN(C=O)C=O.CNN(C)C.COc1cc(C2C=CC=CC2)cc2c1OCO2. The molecule has 0 spiro atoms. The van der Waals surface area contributed by atoms with Crippen LogP contribution in [0.15, 0.2) is 36.4 Å². The fraction of sp³-hybridized carbons (Fsp3) is 0.400. The van der Waals surface area contributed by atoms with Crippen LogP contribution in [0.25, 0.3) is 0 Å². The summed E-state index contributed by atoms with van der Waals surface area (Å²) in [5, 5.41) is 1.88. The largest absolute Gasteiger partial charge is 0.493 e. The van der Waals surface area contributed by atoms with E-state index in [0.717, 1.165) is 22.8 Å². The molecule has 0 radical (unpaired) electrons. The monoisotopic (exact) mass is 391 g/mol. The molecule has 1 aliphatic heterocycles. The Labute approximate surface area is 166 Å². The second-order valence-electron chi connectivity index (χ2n) is 6.11. The molecule has 8 heteroatoms. The lowest BCUT2D eigenvalue weighted by Gasteiger charge is -2.15. The summed E-state index contributed by atoms with van der Waals surface area (Å²) in [6.45, 7) is 0.273. The number of nitrogens with zero attached hydrogens (tertiary/aromatic N) is 2. The minimum Gasteiger partial charge on any atom is -0.493 e. The summed E-state index contributed by atoms with van der Waals surface area (Å²) in [5.74, 6) is 2.63. The maximum absolute atomic E-state index is 9.43. The number of imide groups is 1. The molecule has 0 aromatic heterocycles. The maximum Gasteiger partial charge on any atom is 0.231 e. The van der Waals surface area contributed by atoms with E-state index in [0.29, 0.717) is 24.5 Å². The predicted molar refractivity (Wildman–Crippen MR) is 107 cm³/mol. The normalized spacial score (nSPS) is 15.7. The summed E-state index contributed by atoms with van der Waals surface area (Å²) in [4.78, 5) is 19.8. The Balaban J connectivity index is 0.000000298. The van der Waals surface area contributed by atoms with E-state index in [1.807, 2.05) is 38.3 Å². The third-order valence-electron chi connectivity index (χ3n) is 3.87. The number of carbonyl (C=O) groups is 2. The number of ether oxygens (including phenoxy) is 3. The Bertz CT molecular complexity index is 681. The molecule has 154 valence electrons. The second-order valence-corrected chi connectivity index (χ2v) is 6.11. The lowest BCUT2D eigenvalue weighted by atomic mass is 9.92. The smallest absolute Gasteiger partial charge is 0.231 e. The summed E-state index contributed by atoms with van der Waals surface area (Å²) < 4.78 is 16.2. The summed E-state index contributed by atoms with van der Waals surface area (Å²) >= 11 is 0. The van der Waals surface area contributed by atoms with E-state index in [9.17, 15) is 9.59 Å². The van der Waals surface area contributed by atoms with Crippen LogP contribution in [0.1, 0.15) is 17.9 Å². The molecule has 1 atom stereocenters. The Morgan fingerprint density at radius 3 is 2.29 bits per heavy atom. The van der Waals surface area contributed by atoms with Crippen LogP contribution < -0.4 is 19.6 Å². The Hall–Kier alpha value is -2.84. The van der Waals surface area contributed by atoms with Crippen LogP contribution in [-0.4, -0.2) is 64.8 Å². The molecular weight excluding hydrogens is 362 g/mol. The molecule has 1 heterocycles. The molecule has 1 aliphatic carbocycles. The molecule has 1 aromatic rings. The zero-order chi connectivity index (χ0) is 20.9. The van der Waals surface area contributed by atoms with E-state index in [1.165, 1.54) is 12.6 Å². The third-order valence-corrected chi connectivity index (χ3v) is 3.87. The quantitative estimate of drug-likeness (QED) is 0.607. The van der Waals surface area contributed by atoms with Crippen molar-refractivity contribution in [1.82, 2.24) is 15.3 Å². The van der Waals surface area contributed by atoms with Crippen LogP contribution in [0, 0.1) is 0 Å². The van der Waals surface area contributed by atoms with Crippen molar-refractivity contribution in [3.63, 3.8) is 0 Å². The first-order valence-electron chi connectivity index (χ1n) is 8.74. The number of methoxy groups -OCH3 is 1. The number of amides is 2. The van der Waals surface area contributed by atoms with Crippen molar-refractivity contribution in [2.75, 3.05) is 42.1 Å². The highest BCUT2D eigenvalue weighted by Crippen LogP contribution is 2.44. The van der Waals surface area contributed by atoms with Gasteiger partial charge in [0, 0.05) is 27.1 Å². The van der Waals surface area contributed by atoms with Gasteiger partial charge >= 0.3 is 0 Å². The summed E-state index contributed by atoms with van der Waals surface area (Å²) in [5.41, 5.74) is 4.06. The minimum absolute atomic E-state index is 0.273. The van der Waals surface area contributed by atoms with Crippen molar-refractivity contribution < 1.29 is 23.8 Å². The molecular formula is C20H29N3O5. The molecule has 1 N–H and O–H groups in total. The van der Waals surface area contributed by atoms with Gasteiger partial charge in [-0.3, -0.25) is 24.9 Å². The zero-order valence-corrected chi connectivity index (χ0v) is 17.0. The highest BCUT2D eigenvalue weighted by Gasteiger charge is 2.22. The number of carbonyl (C=O) groups excluding carboxylic acids is 2. The number of rotatable bonds is 5. The minimum atomic E-state index is 0.273. The van der Waals surface area contributed by atoms with E-state index in [-0.39, 0.29) is 6.79 Å². The molecule has 0 saturated carbocycles. The van der Waals surface area contributed by atoms with Crippen molar-refractivity contribution in [3.05, 3.63) is 42.0 Å². The van der Waals surface area contributed by atoms with Gasteiger partial charge in [0.15, 0.2) is 11.5 Å². The highest BCUT2D eigenvalue weighted by molar-refractivity contribution is 5.67. The molecule has 28 heavy (non-hydrogen) atoms. The average molecular weight is 391 g/mol.